The van der Waals surface area contributed by atoms with E-state index in [-0.39, 0.29) is 10.8 Å². The van der Waals surface area contributed by atoms with Gasteiger partial charge in [-0.1, -0.05) is 5.21 Å². The minimum atomic E-state index is -2.37. The summed E-state index contributed by atoms with van der Waals surface area (Å²) in [5.41, 5.74) is 0. The van der Waals surface area contributed by atoms with Crippen molar-refractivity contribution >= 4 is 15.9 Å². The molecule has 4 heteroatoms. The fourth-order valence-corrected chi connectivity index (χ4v) is 0.345. The van der Waals surface area contributed by atoms with E-state index in [2.05, 4.69) is 26.2 Å². The van der Waals surface area contributed by atoms with E-state index >= 15 is 0 Å². The molecule has 1 rings (SSSR count). The first-order valence-electron chi connectivity index (χ1n) is 3.51. The highest BCUT2D eigenvalue weighted by Gasteiger charge is 1.87. The minimum Gasteiger partial charge on any atom is -0.241 e. The summed E-state index contributed by atoms with van der Waals surface area (Å²) in [7, 11) is 0. The largest absolute Gasteiger partial charge is 0.241 e. The smallest absolute Gasteiger partial charge is 0.124 e. The predicted octanol–water partition coefficient (Wildman–Crippen LogP) is 0.578. The average Bonchev–Trinajstić information content (AvgIpc) is 2.11. The topological polar surface area (TPSA) is 30.7 Å². The van der Waals surface area contributed by atoms with Gasteiger partial charge in [-0.25, -0.2) is 4.68 Å². The molecule has 7 heavy (non-hydrogen) atoms. The van der Waals surface area contributed by atoms with Gasteiger partial charge in [0.1, 0.15) is 4.60 Å². The van der Waals surface area contributed by atoms with Crippen molar-refractivity contribution in [1.29, 1.82) is 0 Å². The maximum Gasteiger partial charge on any atom is 0.124 e. The standard InChI is InChI=1S/C3H4BrN3/c1-7-3(4)2-5-6-7/h2H,1H3/i1D3,2D. The SMILES string of the molecule is [2H]c1nnn(C([2H])([2H])[2H])c1Br. The second-order valence-corrected chi connectivity index (χ2v) is 1.65. The highest BCUT2D eigenvalue weighted by molar-refractivity contribution is 9.10. The first-order valence-corrected chi connectivity index (χ1v) is 2.30. The Balaban J connectivity index is 3.15. The van der Waals surface area contributed by atoms with Gasteiger partial charge in [-0.2, -0.15) is 0 Å². The van der Waals surface area contributed by atoms with E-state index in [0.717, 1.165) is 0 Å². The second-order valence-electron chi connectivity index (χ2n) is 0.904. The summed E-state index contributed by atoms with van der Waals surface area (Å²) in [6.07, 6.45) is -0.180. The lowest BCUT2D eigenvalue weighted by Gasteiger charge is -1.82. The number of rotatable bonds is 0. The van der Waals surface area contributed by atoms with Gasteiger partial charge in [0.25, 0.3) is 0 Å². The van der Waals surface area contributed by atoms with Crippen LogP contribution < -0.4 is 0 Å². The van der Waals surface area contributed by atoms with Crippen LogP contribution in [0.3, 0.4) is 0 Å². The van der Waals surface area contributed by atoms with E-state index in [4.69, 9.17) is 5.48 Å². The Morgan fingerprint density at radius 2 is 3.14 bits per heavy atom. The highest BCUT2D eigenvalue weighted by atomic mass is 79.9. The Hall–Kier alpha value is -0.380. The third-order valence-electron chi connectivity index (χ3n) is 0.462. The number of hydrogen-bond donors (Lipinski definition) is 0. The van der Waals surface area contributed by atoms with Crippen molar-refractivity contribution in [2.45, 2.75) is 0 Å². The molecule has 0 saturated carbocycles. The summed E-state index contributed by atoms with van der Waals surface area (Å²) in [5, 5.41) is 6.51. The van der Waals surface area contributed by atoms with Crippen molar-refractivity contribution in [1.82, 2.24) is 15.0 Å². The van der Waals surface area contributed by atoms with Crippen LogP contribution in [0, 0.1) is 0 Å². The molecule has 1 aromatic heterocycles. The van der Waals surface area contributed by atoms with Crippen LogP contribution in [-0.2, 0) is 6.98 Å². The van der Waals surface area contributed by atoms with E-state index in [1.54, 1.807) is 0 Å². The summed E-state index contributed by atoms with van der Waals surface area (Å²) in [5.74, 6) is 0. The Morgan fingerprint density at radius 1 is 2.29 bits per heavy atom. The van der Waals surface area contributed by atoms with E-state index in [1.807, 2.05) is 0 Å². The molecule has 0 aliphatic carbocycles. The summed E-state index contributed by atoms with van der Waals surface area (Å²) >= 11 is 2.88. The van der Waals surface area contributed by atoms with Gasteiger partial charge in [0.2, 0.25) is 0 Å². The Bertz CT molecular complexity index is 266. The van der Waals surface area contributed by atoms with Crippen molar-refractivity contribution < 1.29 is 5.48 Å². The van der Waals surface area contributed by atoms with Crippen LogP contribution >= 0.6 is 15.9 Å². The zero-order valence-electron chi connectivity index (χ0n) is 7.22. The predicted molar refractivity (Wildman–Crippen MR) is 28.7 cm³/mol. The summed E-state index contributed by atoms with van der Waals surface area (Å²) in [4.78, 5) is 0. The molecule has 0 aromatic carbocycles. The molecule has 0 radical (unpaired) electrons. The molecule has 0 N–H and O–H groups in total. The molecule has 0 aliphatic heterocycles. The lowest BCUT2D eigenvalue weighted by atomic mass is 10.9. The quantitative estimate of drug-likeness (QED) is 0.564. The number of aryl methyl sites for hydroxylation is 1. The Labute approximate surface area is 55.1 Å². The van der Waals surface area contributed by atoms with E-state index in [0.29, 0.717) is 4.68 Å². The monoisotopic (exact) mass is 165 g/mol. The minimum absolute atomic E-state index is 0.0671. The number of hydrogen-bond acceptors (Lipinski definition) is 2. The average molecular weight is 166 g/mol. The molecule has 38 valence electrons. The van der Waals surface area contributed by atoms with Gasteiger partial charge in [0, 0.05) is 11.1 Å². The van der Waals surface area contributed by atoms with Gasteiger partial charge < -0.3 is 0 Å². The van der Waals surface area contributed by atoms with Crippen LogP contribution in [0.5, 0.6) is 0 Å². The van der Waals surface area contributed by atoms with Crippen LogP contribution in [-0.4, -0.2) is 15.0 Å². The van der Waals surface area contributed by atoms with Gasteiger partial charge in [-0.15, -0.1) is 5.10 Å². The van der Waals surface area contributed by atoms with Crippen molar-refractivity contribution in [3.8, 4) is 0 Å². The molecule has 0 spiro atoms. The third kappa shape index (κ3) is 0.796. The zero-order chi connectivity index (χ0) is 8.65. The molecule has 0 bridgehead atoms. The van der Waals surface area contributed by atoms with Crippen LogP contribution in [0.15, 0.2) is 10.8 Å². The third-order valence-corrected chi connectivity index (χ3v) is 0.976. The van der Waals surface area contributed by atoms with Crippen LogP contribution in [0.4, 0.5) is 0 Å². The molecule has 0 aliphatic rings. The lowest BCUT2D eigenvalue weighted by molar-refractivity contribution is 0.702. The molecular weight excluding hydrogens is 158 g/mol. The lowest BCUT2D eigenvalue weighted by Crippen LogP contribution is -1.88. The molecule has 0 fully saturated rings. The molecule has 1 heterocycles. The first-order chi connectivity index (χ1) is 4.93. The van der Waals surface area contributed by atoms with Crippen LogP contribution in [0.2, 0.25) is 0 Å². The number of nitrogens with zero attached hydrogens (tertiary/aromatic N) is 3. The van der Waals surface area contributed by atoms with Gasteiger partial charge in [-0.3, -0.25) is 0 Å². The summed E-state index contributed by atoms with van der Waals surface area (Å²) in [6.45, 7) is -2.37. The Kier molecular flexibility index (Phi) is 0.428. The molecular formula is C3H4BrN3. The molecule has 0 atom stereocenters. The second kappa shape index (κ2) is 1.61. The number of halogens is 1. The fourth-order valence-electron chi connectivity index (χ4n) is 0.195. The summed E-state index contributed by atoms with van der Waals surface area (Å²) < 4.78 is 28.5. The van der Waals surface area contributed by atoms with Crippen molar-refractivity contribution in [2.24, 2.45) is 6.98 Å². The Morgan fingerprint density at radius 3 is 3.43 bits per heavy atom. The van der Waals surface area contributed by atoms with Gasteiger partial charge in [-0.05, 0) is 15.9 Å². The van der Waals surface area contributed by atoms with Gasteiger partial charge >= 0.3 is 0 Å². The maximum absolute atomic E-state index is 7.03. The number of aromatic nitrogens is 3. The normalized spacial score (nSPS) is 19.6. The molecule has 0 amide bonds. The highest BCUT2D eigenvalue weighted by Crippen LogP contribution is 2.01. The van der Waals surface area contributed by atoms with Crippen molar-refractivity contribution in [3.63, 3.8) is 0 Å². The molecule has 3 nitrogen and oxygen atoms in total. The van der Waals surface area contributed by atoms with Crippen LogP contribution in [0.25, 0.3) is 0 Å². The molecule has 0 unspecified atom stereocenters. The fraction of sp³-hybridized carbons (Fsp3) is 0.333. The first kappa shape index (κ1) is 1.85. The summed E-state index contributed by atoms with van der Waals surface area (Å²) in [6, 6.07) is 0. The van der Waals surface area contributed by atoms with E-state index < -0.39 is 6.98 Å². The van der Waals surface area contributed by atoms with Crippen molar-refractivity contribution in [2.75, 3.05) is 0 Å². The van der Waals surface area contributed by atoms with E-state index in [1.165, 1.54) is 0 Å². The van der Waals surface area contributed by atoms with Gasteiger partial charge in [0.05, 0.1) is 7.54 Å². The maximum atomic E-state index is 7.03. The van der Waals surface area contributed by atoms with Crippen molar-refractivity contribution in [3.05, 3.63) is 10.8 Å². The molecule has 1 aromatic rings. The zero-order valence-corrected chi connectivity index (χ0v) is 4.81. The van der Waals surface area contributed by atoms with E-state index in [9.17, 15) is 0 Å². The molecule has 0 saturated heterocycles. The van der Waals surface area contributed by atoms with Gasteiger partial charge in [0.15, 0.2) is 0 Å². The van der Waals surface area contributed by atoms with Crippen LogP contribution in [0.1, 0.15) is 5.48 Å².